The van der Waals surface area contributed by atoms with Crippen molar-refractivity contribution >= 4 is 23.5 Å². The normalized spacial score (nSPS) is 17.3. The summed E-state index contributed by atoms with van der Waals surface area (Å²) in [6.45, 7) is 0. The van der Waals surface area contributed by atoms with Gasteiger partial charge in [-0.25, -0.2) is 0 Å². The molecule has 2 heterocycles. The molecule has 0 radical (unpaired) electrons. The molecular formula is C10H16N4OS. The van der Waals surface area contributed by atoms with E-state index in [4.69, 9.17) is 5.73 Å². The first-order valence-corrected chi connectivity index (χ1v) is 6.50. The number of thioether (sulfide) groups is 1. The number of hydrogen-bond donors (Lipinski definition) is 2. The number of nitrogen functional groups attached to an aromatic ring is 1. The fourth-order valence-electron chi connectivity index (χ4n) is 1.73. The molecule has 1 aromatic heterocycles. The van der Waals surface area contributed by atoms with Crippen molar-refractivity contribution in [2.45, 2.75) is 18.9 Å². The molecule has 16 heavy (non-hydrogen) atoms. The molecule has 2 rings (SSSR count). The number of carbonyl (C=O) groups excluding carboxylic acids is 1. The van der Waals surface area contributed by atoms with Crippen molar-refractivity contribution in [2.75, 3.05) is 17.2 Å². The van der Waals surface area contributed by atoms with Crippen LogP contribution in [-0.4, -0.2) is 33.2 Å². The van der Waals surface area contributed by atoms with Gasteiger partial charge >= 0.3 is 0 Å². The first kappa shape index (κ1) is 11.3. The SMILES string of the molecule is Cn1ncc(C(=O)NC2CCSCC2)c1N. The highest BCUT2D eigenvalue weighted by molar-refractivity contribution is 7.99. The highest BCUT2D eigenvalue weighted by Crippen LogP contribution is 2.18. The second-order valence-electron chi connectivity index (χ2n) is 3.93. The fourth-order valence-corrected chi connectivity index (χ4v) is 2.83. The van der Waals surface area contributed by atoms with Gasteiger partial charge in [0.25, 0.3) is 5.91 Å². The van der Waals surface area contributed by atoms with Crippen molar-refractivity contribution in [3.05, 3.63) is 11.8 Å². The first-order valence-electron chi connectivity index (χ1n) is 5.34. The largest absolute Gasteiger partial charge is 0.383 e. The summed E-state index contributed by atoms with van der Waals surface area (Å²) in [7, 11) is 1.73. The molecular weight excluding hydrogens is 224 g/mol. The summed E-state index contributed by atoms with van der Waals surface area (Å²) in [6, 6.07) is 0.286. The van der Waals surface area contributed by atoms with Gasteiger partial charge in [-0.3, -0.25) is 9.48 Å². The van der Waals surface area contributed by atoms with E-state index in [0.717, 1.165) is 24.3 Å². The highest BCUT2D eigenvalue weighted by atomic mass is 32.2. The molecule has 0 bridgehead atoms. The minimum absolute atomic E-state index is 0.109. The number of carbonyl (C=O) groups is 1. The maximum absolute atomic E-state index is 11.9. The van der Waals surface area contributed by atoms with Crippen LogP contribution in [-0.2, 0) is 7.05 Å². The Morgan fingerprint density at radius 3 is 2.88 bits per heavy atom. The lowest BCUT2D eigenvalue weighted by Crippen LogP contribution is -2.37. The van der Waals surface area contributed by atoms with Crippen LogP contribution in [0.25, 0.3) is 0 Å². The van der Waals surface area contributed by atoms with Crippen LogP contribution in [0, 0.1) is 0 Å². The second kappa shape index (κ2) is 4.78. The fraction of sp³-hybridized carbons (Fsp3) is 0.600. The molecule has 0 saturated carbocycles. The van der Waals surface area contributed by atoms with Gasteiger partial charge in [0, 0.05) is 13.1 Å². The van der Waals surface area contributed by atoms with E-state index in [1.807, 2.05) is 11.8 Å². The molecule has 3 N–H and O–H groups in total. The van der Waals surface area contributed by atoms with Crippen LogP contribution in [0.15, 0.2) is 6.20 Å². The Labute approximate surface area is 98.8 Å². The molecule has 1 saturated heterocycles. The van der Waals surface area contributed by atoms with Crippen molar-refractivity contribution in [1.29, 1.82) is 0 Å². The Kier molecular flexibility index (Phi) is 3.38. The summed E-state index contributed by atoms with van der Waals surface area (Å²) in [4.78, 5) is 11.9. The van der Waals surface area contributed by atoms with Crippen molar-refractivity contribution in [3.8, 4) is 0 Å². The van der Waals surface area contributed by atoms with Gasteiger partial charge in [0.05, 0.1) is 6.20 Å². The Balaban J connectivity index is 1.99. The molecule has 5 nitrogen and oxygen atoms in total. The standard InChI is InChI=1S/C10H16N4OS/c1-14-9(11)8(6-12-14)10(15)13-7-2-4-16-5-3-7/h6-7H,2-5,11H2,1H3,(H,13,15). The van der Waals surface area contributed by atoms with Gasteiger partial charge in [-0.15, -0.1) is 0 Å². The van der Waals surface area contributed by atoms with E-state index in [1.54, 1.807) is 7.05 Å². The van der Waals surface area contributed by atoms with Crippen LogP contribution in [0.4, 0.5) is 5.82 Å². The van der Waals surface area contributed by atoms with Crippen LogP contribution in [0.1, 0.15) is 23.2 Å². The third-order valence-corrected chi connectivity index (χ3v) is 3.83. The van der Waals surface area contributed by atoms with E-state index in [1.165, 1.54) is 10.9 Å². The molecule has 1 fully saturated rings. The quantitative estimate of drug-likeness (QED) is 0.795. The number of anilines is 1. The number of nitrogens with one attached hydrogen (secondary N) is 1. The molecule has 0 aliphatic carbocycles. The zero-order valence-electron chi connectivity index (χ0n) is 9.27. The Hall–Kier alpha value is -1.17. The molecule has 0 unspecified atom stereocenters. The van der Waals surface area contributed by atoms with E-state index in [9.17, 15) is 4.79 Å². The van der Waals surface area contributed by atoms with E-state index in [0.29, 0.717) is 11.4 Å². The number of rotatable bonds is 2. The van der Waals surface area contributed by atoms with Gasteiger partial charge in [0.15, 0.2) is 0 Å². The Morgan fingerprint density at radius 2 is 2.31 bits per heavy atom. The lowest BCUT2D eigenvalue weighted by molar-refractivity contribution is 0.0935. The number of aromatic nitrogens is 2. The first-order chi connectivity index (χ1) is 7.68. The van der Waals surface area contributed by atoms with E-state index in [2.05, 4.69) is 10.4 Å². The smallest absolute Gasteiger partial charge is 0.256 e. The summed E-state index contributed by atoms with van der Waals surface area (Å²) >= 11 is 1.94. The molecule has 6 heteroatoms. The van der Waals surface area contributed by atoms with Gasteiger partial charge in [-0.2, -0.15) is 16.9 Å². The van der Waals surface area contributed by atoms with E-state index < -0.39 is 0 Å². The van der Waals surface area contributed by atoms with Gasteiger partial charge in [-0.05, 0) is 24.3 Å². The Morgan fingerprint density at radius 1 is 1.62 bits per heavy atom. The topological polar surface area (TPSA) is 72.9 Å². The summed E-state index contributed by atoms with van der Waals surface area (Å²) in [5, 5.41) is 6.96. The van der Waals surface area contributed by atoms with Crippen LogP contribution in [0.2, 0.25) is 0 Å². The van der Waals surface area contributed by atoms with Crippen LogP contribution >= 0.6 is 11.8 Å². The molecule has 88 valence electrons. The van der Waals surface area contributed by atoms with Crippen LogP contribution in [0.3, 0.4) is 0 Å². The van der Waals surface area contributed by atoms with Gasteiger partial charge in [-0.1, -0.05) is 0 Å². The molecule has 0 atom stereocenters. The monoisotopic (exact) mass is 240 g/mol. The summed E-state index contributed by atoms with van der Waals surface area (Å²) in [6.07, 6.45) is 3.59. The molecule has 1 amide bonds. The van der Waals surface area contributed by atoms with Crippen molar-refractivity contribution in [2.24, 2.45) is 7.05 Å². The maximum Gasteiger partial charge on any atom is 0.256 e. The summed E-state index contributed by atoms with van der Waals surface area (Å²) < 4.78 is 1.51. The Bertz CT molecular complexity index is 384. The number of nitrogens with two attached hydrogens (primary N) is 1. The number of aryl methyl sites for hydroxylation is 1. The van der Waals surface area contributed by atoms with Crippen molar-refractivity contribution in [1.82, 2.24) is 15.1 Å². The van der Waals surface area contributed by atoms with Gasteiger partial charge in [0.1, 0.15) is 11.4 Å². The predicted molar refractivity (Wildman–Crippen MR) is 65.4 cm³/mol. The molecule has 1 aliphatic heterocycles. The van der Waals surface area contributed by atoms with Gasteiger partial charge < -0.3 is 11.1 Å². The zero-order valence-corrected chi connectivity index (χ0v) is 10.1. The maximum atomic E-state index is 11.9. The number of amides is 1. The number of nitrogens with zero attached hydrogens (tertiary/aromatic N) is 2. The van der Waals surface area contributed by atoms with Gasteiger partial charge in [0.2, 0.25) is 0 Å². The zero-order chi connectivity index (χ0) is 11.5. The molecule has 1 aromatic rings. The second-order valence-corrected chi connectivity index (χ2v) is 5.15. The molecule has 0 aromatic carbocycles. The predicted octanol–water partition coefficient (Wildman–Crippen LogP) is 0.628. The average Bonchev–Trinajstić information content (AvgIpc) is 2.61. The van der Waals surface area contributed by atoms with E-state index in [-0.39, 0.29) is 11.9 Å². The third kappa shape index (κ3) is 2.32. The minimum atomic E-state index is -0.109. The van der Waals surface area contributed by atoms with Crippen LogP contribution < -0.4 is 11.1 Å². The van der Waals surface area contributed by atoms with Crippen molar-refractivity contribution < 1.29 is 4.79 Å². The summed E-state index contributed by atoms with van der Waals surface area (Å²) in [5.41, 5.74) is 6.22. The minimum Gasteiger partial charge on any atom is -0.383 e. The number of hydrogen-bond acceptors (Lipinski definition) is 4. The molecule has 1 aliphatic rings. The van der Waals surface area contributed by atoms with Crippen molar-refractivity contribution in [3.63, 3.8) is 0 Å². The summed E-state index contributed by atoms with van der Waals surface area (Å²) in [5.74, 6) is 2.55. The average molecular weight is 240 g/mol. The highest BCUT2D eigenvalue weighted by Gasteiger charge is 2.19. The lowest BCUT2D eigenvalue weighted by Gasteiger charge is -2.22. The van der Waals surface area contributed by atoms with E-state index >= 15 is 0 Å². The molecule has 0 spiro atoms. The third-order valence-electron chi connectivity index (χ3n) is 2.79. The lowest BCUT2D eigenvalue weighted by atomic mass is 10.1. The van der Waals surface area contributed by atoms with Crippen LogP contribution in [0.5, 0.6) is 0 Å².